The molecule has 0 heterocycles. The molecule has 0 atom stereocenters. The summed E-state index contributed by atoms with van der Waals surface area (Å²) in [7, 11) is 0. The Morgan fingerprint density at radius 3 is 0.844 bits per heavy atom. The van der Waals surface area contributed by atoms with E-state index in [2.05, 4.69) is 114 Å². The fraction of sp³-hybridized carbons (Fsp3) is 0.625. The molecule has 2 rings (SSSR count). The Balaban J connectivity index is 2.94. The van der Waals surface area contributed by atoms with E-state index >= 15 is 0 Å². The first-order chi connectivity index (χ1) is 14.8. The first kappa shape index (κ1) is 26.7. The summed E-state index contributed by atoms with van der Waals surface area (Å²) in [6, 6.07) is 10.1. The van der Waals surface area contributed by atoms with Gasteiger partial charge >= 0.3 is 0 Å². The molecule has 32 heavy (non-hydrogen) atoms. The van der Waals surface area contributed by atoms with Crippen molar-refractivity contribution in [2.24, 2.45) is 0 Å². The molecule has 0 aromatic heterocycles. The standard InChI is InChI=1S/C32H50/c1-18(2)25-14-27(20(5)6)31(22(9)10)29(16-25)24(13)30-17-26(19(3)4)15-28(21(7)8)32(30)23(11)12/h14-24H,1-13H3. The van der Waals surface area contributed by atoms with Crippen LogP contribution in [0.3, 0.4) is 0 Å². The molecule has 0 aliphatic heterocycles. The topological polar surface area (TPSA) is 0 Å². The zero-order chi connectivity index (χ0) is 24.5. The van der Waals surface area contributed by atoms with Crippen LogP contribution in [0.25, 0.3) is 0 Å². The van der Waals surface area contributed by atoms with Crippen molar-refractivity contribution in [1.82, 2.24) is 0 Å². The van der Waals surface area contributed by atoms with Crippen LogP contribution in [0.1, 0.15) is 176 Å². The zero-order valence-electron chi connectivity index (χ0n) is 23.4. The molecule has 0 saturated carbocycles. The molecule has 2 aromatic rings. The highest BCUT2D eigenvalue weighted by atomic mass is 14.3. The molecule has 0 fully saturated rings. The molecular formula is C32H50. The fourth-order valence-corrected chi connectivity index (χ4v) is 5.29. The van der Waals surface area contributed by atoms with Crippen molar-refractivity contribution < 1.29 is 0 Å². The lowest BCUT2D eigenvalue weighted by Gasteiger charge is -2.30. The second-order valence-corrected chi connectivity index (χ2v) is 11.9. The second kappa shape index (κ2) is 10.6. The van der Waals surface area contributed by atoms with Gasteiger partial charge in [0.05, 0.1) is 0 Å². The van der Waals surface area contributed by atoms with E-state index in [9.17, 15) is 0 Å². The van der Waals surface area contributed by atoms with Gasteiger partial charge in [0.15, 0.2) is 0 Å². The maximum absolute atomic E-state index is 2.54. The fourth-order valence-electron chi connectivity index (χ4n) is 5.29. The quantitative estimate of drug-likeness (QED) is 0.387. The van der Waals surface area contributed by atoms with Crippen LogP contribution in [0.15, 0.2) is 24.3 Å². The Bertz CT molecular complexity index is 831. The van der Waals surface area contributed by atoms with E-state index in [1.165, 1.54) is 11.1 Å². The molecule has 0 saturated heterocycles. The van der Waals surface area contributed by atoms with Gasteiger partial charge in [0.1, 0.15) is 0 Å². The van der Waals surface area contributed by atoms with Gasteiger partial charge in [-0.05, 0) is 80.0 Å². The minimum absolute atomic E-state index is 0.386. The predicted octanol–water partition coefficient (Wildman–Crippen LogP) is 10.6. The second-order valence-electron chi connectivity index (χ2n) is 11.9. The molecule has 178 valence electrons. The molecule has 2 aromatic carbocycles. The summed E-state index contributed by atoms with van der Waals surface area (Å²) in [4.78, 5) is 0. The number of hydrogen-bond donors (Lipinski definition) is 0. The van der Waals surface area contributed by atoms with Crippen LogP contribution >= 0.6 is 0 Å². The third kappa shape index (κ3) is 5.49. The van der Waals surface area contributed by atoms with Gasteiger partial charge in [-0.25, -0.2) is 0 Å². The summed E-state index contributed by atoms with van der Waals surface area (Å²) in [5, 5.41) is 0. The molecule has 0 nitrogen and oxygen atoms in total. The van der Waals surface area contributed by atoms with E-state index in [1.807, 2.05) is 0 Å². The normalized spacial score (nSPS) is 12.6. The third-order valence-corrected chi connectivity index (χ3v) is 7.20. The average Bonchev–Trinajstić information content (AvgIpc) is 2.70. The predicted molar refractivity (Wildman–Crippen MR) is 145 cm³/mol. The van der Waals surface area contributed by atoms with E-state index < -0.39 is 0 Å². The van der Waals surface area contributed by atoms with Gasteiger partial charge in [0.2, 0.25) is 0 Å². The Hall–Kier alpha value is -1.56. The Morgan fingerprint density at radius 2 is 0.625 bits per heavy atom. The SMILES string of the molecule is CC(C)c1cc(C(C)C)c(C(C)C)c(C(C)c2cc(C(C)C)cc(C(C)C)c2C(C)C)c1. The van der Waals surface area contributed by atoms with Crippen LogP contribution < -0.4 is 0 Å². The summed E-state index contributed by atoms with van der Waals surface area (Å²) in [6.45, 7) is 30.7. The monoisotopic (exact) mass is 434 g/mol. The lowest BCUT2D eigenvalue weighted by Crippen LogP contribution is -2.14. The van der Waals surface area contributed by atoms with Gasteiger partial charge in [-0.2, -0.15) is 0 Å². The minimum atomic E-state index is 0.386. The number of rotatable bonds is 8. The summed E-state index contributed by atoms with van der Waals surface area (Å²) < 4.78 is 0. The van der Waals surface area contributed by atoms with Gasteiger partial charge in [0, 0.05) is 5.92 Å². The summed E-state index contributed by atoms with van der Waals surface area (Å²) in [5.74, 6) is 3.58. The van der Waals surface area contributed by atoms with Crippen LogP contribution in [-0.2, 0) is 0 Å². The van der Waals surface area contributed by atoms with Crippen LogP contribution in [0, 0.1) is 0 Å². The molecule has 0 N–H and O–H groups in total. The summed E-state index contributed by atoms with van der Waals surface area (Å²) in [5.41, 5.74) is 12.3. The van der Waals surface area contributed by atoms with Gasteiger partial charge in [-0.3, -0.25) is 0 Å². The van der Waals surface area contributed by atoms with E-state index in [1.54, 1.807) is 33.4 Å². The molecular weight excluding hydrogens is 384 g/mol. The lowest BCUT2D eigenvalue weighted by molar-refractivity contribution is 0.724. The molecule has 0 spiro atoms. The molecule has 0 aliphatic carbocycles. The molecule has 0 bridgehead atoms. The van der Waals surface area contributed by atoms with E-state index in [0.29, 0.717) is 41.4 Å². The van der Waals surface area contributed by atoms with Crippen molar-refractivity contribution in [2.75, 3.05) is 0 Å². The first-order valence-corrected chi connectivity index (χ1v) is 13.1. The highest BCUT2D eigenvalue weighted by Gasteiger charge is 2.26. The summed E-state index contributed by atoms with van der Waals surface area (Å²) in [6.07, 6.45) is 0. The van der Waals surface area contributed by atoms with Gasteiger partial charge in [-0.1, -0.05) is 114 Å². The van der Waals surface area contributed by atoms with Crippen molar-refractivity contribution in [2.45, 2.75) is 131 Å². The Kier molecular flexibility index (Phi) is 8.82. The van der Waals surface area contributed by atoms with Crippen LogP contribution in [0.5, 0.6) is 0 Å². The zero-order valence-corrected chi connectivity index (χ0v) is 23.4. The van der Waals surface area contributed by atoms with E-state index in [-0.39, 0.29) is 0 Å². The van der Waals surface area contributed by atoms with Gasteiger partial charge in [-0.15, -0.1) is 0 Å². The maximum Gasteiger partial charge on any atom is 0.00670 e. The molecule has 0 amide bonds. The number of benzene rings is 2. The van der Waals surface area contributed by atoms with Crippen LogP contribution in [0.2, 0.25) is 0 Å². The minimum Gasteiger partial charge on any atom is -0.0587 e. The van der Waals surface area contributed by atoms with E-state index in [4.69, 9.17) is 0 Å². The highest BCUT2D eigenvalue weighted by molar-refractivity contribution is 5.53. The van der Waals surface area contributed by atoms with Crippen molar-refractivity contribution >= 4 is 0 Å². The van der Waals surface area contributed by atoms with Gasteiger partial charge < -0.3 is 0 Å². The third-order valence-electron chi connectivity index (χ3n) is 7.20. The Labute approximate surface area is 200 Å². The van der Waals surface area contributed by atoms with Gasteiger partial charge in [0.25, 0.3) is 0 Å². The van der Waals surface area contributed by atoms with Crippen molar-refractivity contribution in [3.63, 3.8) is 0 Å². The van der Waals surface area contributed by atoms with Crippen molar-refractivity contribution in [1.29, 1.82) is 0 Å². The number of hydrogen-bond acceptors (Lipinski definition) is 0. The molecule has 0 heteroatoms. The molecule has 0 aliphatic rings. The summed E-state index contributed by atoms with van der Waals surface area (Å²) >= 11 is 0. The maximum atomic E-state index is 2.54. The lowest BCUT2D eigenvalue weighted by atomic mass is 9.74. The smallest absolute Gasteiger partial charge is 0.00670 e. The van der Waals surface area contributed by atoms with Crippen molar-refractivity contribution in [3.8, 4) is 0 Å². The highest BCUT2D eigenvalue weighted by Crippen LogP contribution is 2.43. The molecule has 0 radical (unpaired) electrons. The van der Waals surface area contributed by atoms with Crippen molar-refractivity contribution in [3.05, 3.63) is 68.8 Å². The Morgan fingerprint density at radius 1 is 0.344 bits per heavy atom. The average molecular weight is 435 g/mol. The first-order valence-electron chi connectivity index (χ1n) is 13.1. The largest absolute Gasteiger partial charge is 0.0587 e. The van der Waals surface area contributed by atoms with E-state index in [0.717, 1.165) is 0 Å². The van der Waals surface area contributed by atoms with Crippen LogP contribution in [-0.4, -0.2) is 0 Å². The van der Waals surface area contributed by atoms with Crippen LogP contribution in [0.4, 0.5) is 0 Å². The molecule has 0 unspecified atom stereocenters.